The molecule has 8 heteroatoms. The molecule has 1 fully saturated rings. The van der Waals surface area contributed by atoms with Gasteiger partial charge in [-0.25, -0.2) is 4.99 Å². The molecular formula is C25H22IN3O3S. The lowest BCUT2D eigenvalue weighted by atomic mass is 10.2. The Hall–Kier alpha value is -2.85. The van der Waals surface area contributed by atoms with Crippen LogP contribution < -0.4 is 10.1 Å². The number of hydrogen-bond donors (Lipinski definition) is 1. The molecule has 3 aromatic carbocycles. The second-order valence-electron chi connectivity index (χ2n) is 7.36. The number of carbonyl (C=O) groups excluding carboxylic acids is 2. The summed E-state index contributed by atoms with van der Waals surface area (Å²) in [5.74, 6) is 0.407. The van der Waals surface area contributed by atoms with Crippen molar-refractivity contribution in [3.8, 4) is 5.75 Å². The standard InChI is InChI=1S/C25H22IN3O3S/c1-32-21-13-7-17(8-14-21)16-29-23(30)15-22(24(31)27-20-11-9-18(26)10-12-20)33-25(29)28-19-5-3-2-4-6-19/h2-14,22H,15-16H2,1H3,(H,27,31). The third-order valence-electron chi connectivity index (χ3n) is 5.02. The van der Waals surface area contributed by atoms with E-state index in [1.165, 1.54) is 11.8 Å². The van der Waals surface area contributed by atoms with Crippen molar-refractivity contribution in [1.82, 2.24) is 4.90 Å². The lowest BCUT2D eigenvalue weighted by molar-refractivity contribution is -0.129. The summed E-state index contributed by atoms with van der Waals surface area (Å²) in [5, 5.41) is 2.86. The van der Waals surface area contributed by atoms with E-state index in [1.807, 2.05) is 78.9 Å². The molecule has 1 unspecified atom stereocenters. The van der Waals surface area contributed by atoms with Crippen molar-refractivity contribution < 1.29 is 14.3 Å². The Kier molecular flexibility index (Phi) is 7.66. The van der Waals surface area contributed by atoms with Gasteiger partial charge in [-0.3, -0.25) is 14.5 Å². The maximum absolute atomic E-state index is 13.2. The average molecular weight is 571 g/mol. The molecule has 0 saturated carbocycles. The second-order valence-corrected chi connectivity index (χ2v) is 9.78. The number of para-hydroxylation sites is 1. The molecular weight excluding hydrogens is 549 g/mol. The molecule has 1 heterocycles. The highest BCUT2D eigenvalue weighted by Gasteiger charge is 2.36. The highest BCUT2D eigenvalue weighted by atomic mass is 127. The largest absolute Gasteiger partial charge is 0.497 e. The molecule has 1 N–H and O–H groups in total. The molecule has 2 amide bonds. The maximum atomic E-state index is 13.2. The molecule has 3 aromatic rings. The van der Waals surface area contributed by atoms with Gasteiger partial charge in [-0.2, -0.15) is 0 Å². The van der Waals surface area contributed by atoms with Crippen LogP contribution in [0.5, 0.6) is 5.75 Å². The molecule has 168 valence electrons. The van der Waals surface area contributed by atoms with E-state index in [2.05, 4.69) is 27.9 Å². The fourth-order valence-corrected chi connectivity index (χ4v) is 4.74. The van der Waals surface area contributed by atoms with Gasteiger partial charge in [-0.1, -0.05) is 42.1 Å². The minimum Gasteiger partial charge on any atom is -0.497 e. The van der Waals surface area contributed by atoms with Crippen LogP contribution in [0.15, 0.2) is 83.9 Å². The number of amidine groups is 1. The van der Waals surface area contributed by atoms with Gasteiger partial charge >= 0.3 is 0 Å². The Labute approximate surface area is 210 Å². The van der Waals surface area contributed by atoms with Gasteiger partial charge in [0.05, 0.1) is 19.3 Å². The number of anilines is 1. The van der Waals surface area contributed by atoms with Gasteiger partial charge in [0.1, 0.15) is 11.0 Å². The van der Waals surface area contributed by atoms with Gasteiger partial charge in [0, 0.05) is 15.7 Å². The summed E-state index contributed by atoms with van der Waals surface area (Å²) in [7, 11) is 1.62. The maximum Gasteiger partial charge on any atom is 0.238 e. The first kappa shape index (κ1) is 23.3. The summed E-state index contributed by atoms with van der Waals surface area (Å²) in [5.41, 5.74) is 2.38. The van der Waals surface area contributed by atoms with Crippen LogP contribution in [0.25, 0.3) is 0 Å². The van der Waals surface area contributed by atoms with E-state index < -0.39 is 5.25 Å². The summed E-state index contributed by atoms with van der Waals surface area (Å²) < 4.78 is 6.31. The number of amides is 2. The van der Waals surface area contributed by atoms with Crippen molar-refractivity contribution in [2.24, 2.45) is 4.99 Å². The van der Waals surface area contributed by atoms with Crippen molar-refractivity contribution in [1.29, 1.82) is 0 Å². The number of rotatable bonds is 6. The van der Waals surface area contributed by atoms with Crippen molar-refractivity contribution in [2.75, 3.05) is 12.4 Å². The lowest BCUT2D eigenvalue weighted by Crippen LogP contribution is -2.44. The SMILES string of the molecule is COc1ccc(CN2C(=O)CC(C(=O)Nc3ccc(I)cc3)SC2=Nc2ccccc2)cc1. The van der Waals surface area contributed by atoms with E-state index in [1.54, 1.807) is 12.0 Å². The molecule has 6 nitrogen and oxygen atoms in total. The summed E-state index contributed by atoms with van der Waals surface area (Å²) in [6.45, 7) is 0.368. The fraction of sp³-hybridized carbons (Fsp3) is 0.160. The third kappa shape index (κ3) is 6.14. The van der Waals surface area contributed by atoms with Crippen molar-refractivity contribution in [3.05, 3.63) is 88.0 Å². The number of methoxy groups -OCH3 is 1. The Bertz CT molecular complexity index is 1150. The normalized spacial score (nSPS) is 17.2. The zero-order valence-corrected chi connectivity index (χ0v) is 20.9. The summed E-state index contributed by atoms with van der Waals surface area (Å²) in [4.78, 5) is 32.5. The van der Waals surface area contributed by atoms with Crippen LogP contribution in [0.4, 0.5) is 11.4 Å². The lowest BCUT2D eigenvalue weighted by Gasteiger charge is -2.32. The van der Waals surface area contributed by atoms with Crippen LogP contribution >= 0.6 is 34.4 Å². The van der Waals surface area contributed by atoms with Crippen LogP contribution in [0.1, 0.15) is 12.0 Å². The molecule has 0 aliphatic carbocycles. The number of thioether (sulfide) groups is 1. The average Bonchev–Trinajstić information content (AvgIpc) is 2.83. The number of ether oxygens (including phenoxy) is 1. The van der Waals surface area contributed by atoms with Crippen LogP contribution in [-0.2, 0) is 16.1 Å². The number of nitrogens with one attached hydrogen (secondary N) is 1. The first-order valence-corrected chi connectivity index (χ1v) is 12.3. The zero-order chi connectivity index (χ0) is 23.2. The van der Waals surface area contributed by atoms with Gasteiger partial charge in [-0.15, -0.1) is 0 Å². The van der Waals surface area contributed by atoms with E-state index >= 15 is 0 Å². The van der Waals surface area contributed by atoms with Gasteiger partial charge in [0.15, 0.2) is 5.17 Å². The first-order valence-electron chi connectivity index (χ1n) is 10.3. The molecule has 1 aliphatic heterocycles. The Morgan fingerprint density at radius 3 is 2.45 bits per heavy atom. The number of aliphatic imine (C=N–C) groups is 1. The number of nitrogens with zero attached hydrogens (tertiary/aromatic N) is 2. The number of carbonyl (C=O) groups is 2. The molecule has 1 saturated heterocycles. The molecule has 0 radical (unpaired) electrons. The first-order chi connectivity index (χ1) is 16.0. The predicted molar refractivity (Wildman–Crippen MR) is 141 cm³/mol. The summed E-state index contributed by atoms with van der Waals surface area (Å²) >= 11 is 3.53. The van der Waals surface area contributed by atoms with Gasteiger partial charge in [-0.05, 0) is 76.7 Å². The van der Waals surface area contributed by atoms with E-state index in [-0.39, 0.29) is 18.2 Å². The van der Waals surface area contributed by atoms with Gasteiger partial charge in [0.25, 0.3) is 0 Å². The number of halogens is 1. The highest BCUT2D eigenvalue weighted by Crippen LogP contribution is 2.31. The number of benzene rings is 3. The van der Waals surface area contributed by atoms with Crippen molar-refractivity contribution in [2.45, 2.75) is 18.2 Å². The van der Waals surface area contributed by atoms with Gasteiger partial charge in [0.2, 0.25) is 11.8 Å². The van der Waals surface area contributed by atoms with E-state index in [0.717, 1.165) is 20.6 Å². The molecule has 1 aliphatic rings. The number of hydrogen-bond acceptors (Lipinski definition) is 5. The van der Waals surface area contributed by atoms with Gasteiger partial charge < -0.3 is 10.1 Å². The molecule has 0 aromatic heterocycles. The van der Waals surface area contributed by atoms with Crippen molar-refractivity contribution in [3.63, 3.8) is 0 Å². The van der Waals surface area contributed by atoms with Crippen molar-refractivity contribution >= 4 is 62.7 Å². The zero-order valence-electron chi connectivity index (χ0n) is 17.9. The van der Waals surface area contributed by atoms with Crippen LogP contribution in [0.2, 0.25) is 0 Å². The Balaban J connectivity index is 1.57. The summed E-state index contributed by atoms with van der Waals surface area (Å²) in [6, 6.07) is 24.6. The Morgan fingerprint density at radius 1 is 1.09 bits per heavy atom. The fourth-order valence-electron chi connectivity index (χ4n) is 3.28. The quantitative estimate of drug-likeness (QED) is 0.399. The Morgan fingerprint density at radius 2 is 1.79 bits per heavy atom. The minimum atomic E-state index is -0.564. The van der Waals surface area contributed by atoms with Crippen LogP contribution in [-0.4, -0.2) is 34.2 Å². The smallest absolute Gasteiger partial charge is 0.238 e. The van der Waals surface area contributed by atoms with E-state index in [0.29, 0.717) is 17.4 Å². The van der Waals surface area contributed by atoms with E-state index in [9.17, 15) is 9.59 Å². The third-order valence-corrected chi connectivity index (χ3v) is 6.93. The van der Waals surface area contributed by atoms with Crippen LogP contribution in [0, 0.1) is 3.57 Å². The monoisotopic (exact) mass is 571 g/mol. The van der Waals surface area contributed by atoms with Crippen LogP contribution in [0.3, 0.4) is 0 Å². The summed E-state index contributed by atoms with van der Waals surface area (Å²) in [6.07, 6.45) is 0.102. The minimum absolute atomic E-state index is 0.102. The molecule has 0 bridgehead atoms. The second kappa shape index (κ2) is 10.8. The molecule has 1 atom stereocenters. The topological polar surface area (TPSA) is 71.0 Å². The molecule has 0 spiro atoms. The predicted octanol–water partition coefficient (Wildman–Crippen LogP) is 5.46. The highest BCUT2D eigenvalue weighted by molar-refractivity contribution is 14.1. The van der Waals surface area contributed by atoms with E-state index in [4.69, 9.17) is 9.73 Å². The molecule has 33 heavy (non-hydrogen) atoms. The molecule has 4 rings (SSSR count).